The van der Waals surface area contributed by atoms with Crippen LogP contribution in [0.1, 0.15) is 19.8 Å². The first-order valence-corrected chi connectivity index (χ1v) is 3.93. The van der Waals surface area contributed by atoms with Gasteiger partial charge < -0.3 is 11.1 Å². The van der Waals surface area contributed by atoms with Gasteiger partial charge >= 0.3 is 6.18 Å². The summed E-state index contributed by atoms with van der Waals surface area (Å²) in [6.45, 7) is 1.49. The fraction of sp³-hybridized carbons (Fsp3) is 0.857. The highest BCUT2D eigenvalue weighted by atomic mass is 19.4. The molecule has 78 valence electrons. The Balaban J connectivity index is 3.42. The molecule has 0 aliphatic heterocycles. The third-order valence-corrected chi connectivity index (χ3v) is 1.35. The van der Waals surface area contributed by atoms with Crippen LogP contribution in [0.5, 0.6) is 0 Å². The van der Waals surface area contributed by atoms with Crippen LogP contribution in [0.2, 0.25) is 0 Å². The summed E-state index contributed by atoms with van der Waals surface area (Å²) in [5, 5.41) is 2.29. The van der Waals surface area contributed by atoms with Gasteiger partial charge in [-0.15, -0.1) is 0 Å². The molecule has 0 radical (unpaired) electrons. The van der Waals surface area contributed by atoms with E-state index >= 15 is 0 Å². The van der Waals surface area contributed by atoms with Crippen LogP contribution in [0.3, 0.4) is 0 Å². The van der Waals surface area contributed by atoms with E-state index in [0.717, 1.165) is 0 Å². The van der Waals surface area contributed by atoms with Crippen molar-refractivity contribution < 1.29 is 18.0 Å². The standard InChI is InChI=1S/C7H13F3N2O/c1-5(11)6(13)12-4-2-3-7(8,9)10/h5H,2-4,11H2,1H3,(H,12,13)/t5-/m1/s1. The average molecular weight is 198 g/mol. The number of carbonyl (C=O) groups excluding carboxylic acids is 1. The normalized spacial score (nSPS) is 13.9. The smallest absolute Gasteiger partial charge is 0.355 e. The zero-order valence-corrected chi connectivity index (χ0v) is 7.32. The molecule has 0 aromatic heterocycles. The maximum Gasteiger partial charge on any atom is 0.389 e. The summed E-state index contributed by atoms with van der Waals surface area (Å²) in [6, 6.07) is -0.675. The molecular weight excluding hydrogens is 185 g/mol. The van der Waals surface area contributed by atoms with Crippen molar-refractivity contribution in [3.05, 3.63) is 0 Å². The second kappa shape index (κ2) is 5.06. The van der Waals surface area contributed by atoms with Crippen molar-refractivity contribution in [2.45, 2.75) is 32.0 Å². The molecule has 0 aliphatic carbocycles. The summed E-state index contributed by atoms with van der Waals surface area (Å²) in [5.41, 5.74) is 5.17. The number of rotatable bonds is 4. The van der Waals surface area contributed by atoms with Gasteiger partial charge in [-0.25, -0.2) is 0 Å². The van der Waals surface area contributed by atoms with Gasteiger partial charge in [-0.3, -0.25) is 4.79 Å². The number of hydrogen-bond donors (Lipinski definition) is 2. The van der Waals surface area contributed by atoms with Gasteiger partial charge in [0.05, 0.1) is 6.04 Å². The first kappa shape index (κ1) is 12.2. The van der Waals surface area contributed by atoms with Gasteiger partial charge in [-0.2, -0.15) is 13.2 Å². The van der Waals surface area contributed by atoms with Gasteiger partial charge in [0.25, 0.3) is 0 Å². The van der Waals surface area contributed by atoms with Crippen molar-refractivity contribution in [1.29, 1.82) is 0 Å². The Morgan fingerprint density at radius 3 is 2.46 bits per heavy atom. The third kappa shape index (κ3) is 7.58. The van der Waals surface area contributed by atoms with Gasteiger partial charge in [0.15, 0.2) is 0 Å². The van der Waals surface area contributed by atoms with E-state index in [1.54, 1.807) is 0 Å². The predicted molar refractivity (Wildman–Crippen MR) is 41.9 cm³/mol. The Bertz CT molecular complexity index is 168. The number of amides is 1. The zero-order valence-electron chi connectivity index (χ0n) is 7.32. The molecule has 3 nitrogen and oxygen atoms in total. The Hall–Kier alpha value is -0.780. The van der Waals surface area contributed by atoms with Gasteiger partial charge in [-0.1, -0.05) is 0 Å². The molecule has 0 rings (SSSR count). The van der Waals surface area contributed by atoms with Crippen LogP contribution in [0, 0.1) is 0 Å². The Morgan fingerprint density at radius 2 is 2.08 bits per heavy atom. The lowest BCUT2D eigenvalue weighted by atomic mass is 10.3. The average Bonchev–Trinajstić information content (AvgIpc) is 1.95. The number of halogens is 3. The molecule has 13 heavy (non-hydrogen) atoms. The number of hydrogen-bond acceptors (Lipinski definition) is 2. The molecule has 0 aliphatic rings. The van der Waals surface area contributed by atoms with E-state index in [-0.39, 0.29) is 13.0 Å². The van der Waals surface area contributed by atoms with E-state index in [9.17, 15) is 18.0 Å². The minimum Gasteiger partial charge on any atom is -0.355 e. The van der Waals surface area contributed by atoms with E-state index in [1.807, 2.05) is 0 Å². The molecule has 3 N–H and O–H groups in total. The molecule has 0 unspecified atom stereocenters. The Labute approximate surface area is 74.5 Å². The van der Waals surface area contributed by atoms with Crippen molar-refractivity contribution in [2.75, 3.05) is 6.54 Å². The largest absolute Gasteiger partial charge is 0.389 e. The summed E-state index contributed by atoms with van der Waals surface area (Å²) in [4.78, 5) is 10.7. The van der Waals surface area contributed by atoms with E-state index in [0.29, 0.717) is 0 Å². The van der Waals surface area contributed by atoms with Crippen LogP contribution in [0.15, 0.2) is 0 Å². The molecule has 0 fully saturated rings. The lowest BCUT2D eigenvalue weighted by Gasteiger charge is -2.08. The highest BCUT2D eigenvalue weighted by Crippen LogP contribution is 2.20. The van der Waals surface area contributed by atoms with Gasteiger partial charge in [0.1, 0.15) is 0 Å². The maximum absolute atomic E-state index is 11.6. The topological polar surface area (TPSA) is 55.1 Å². The SMILES string of the molecule is C[C@@H](N)C(=O)NCCCC(F)(F)F. The molecule has 0 heterocycles. The van der Waals surface area contributed by atoms with Gasteiger partial charge in [0.2, 0.25) is 5.91 Å². The Kier molecular flexibility index (Phi) is 4.76. The summed E-state index contributed by atoms with van der Waals surface area (Å²) < 4.78 is 34.8. The summed E-state index contributed by atoms with van der Waals surface area (Å²) in [5.74, 6) is -0.429. The van der Waals surface area contributed by atoms with Crippen LogP contribution in [0.4, 0.5) is 13.2 Å². The minimum absolute atomic E-state index is 0.0138. The lowest BCUT2D eigenvalue weighted by Crippen LogP contribution is -2.38. The molecule has 6 heteroatoms. The third-order valence-electron chi connectivity index (χ3n) is 1.35. The predicted octanol–water partition coefficient (Wildman–Crippen LogP) is 0.792. The van der Waals surface area contributed by atoms with Crippen LogP contribution in [-0.2, 0) is 4.79 Å². The van der Waals surface area contributed by atoms with E-state index in [1.165, 1.54) is 6.92 Å². The van der Waals surface area contributed by atoms with Crippen LogP contribution in [-0.4, -0.2) is 24.7 Å². The van der Waals surface area contributed by atoms with Crippen LogP contribution >= 0.6 is 0 Å². The maximum atomic E-state index is 11.6. The minimum atomic E-state index is -4.15. The lowest BCUT2D eigenvalue weighted by molar-refractivity contribution is -0.136. The second-order valence-electron chi connectivity index (χ2n) is 2.80. The molecule has 0 saturated carbocycles. The number of nitrogens with two attached hydrogens (primary N) is 1. The van der Waals surface area contributed by atoms with Crippen molar-refractivity contribution >= 4 is 5.91 Å². The monoisotopic (exact) mass is 198 g/mol. The highest BCUT2D eigenvalue weighted by Gasteiger charge is 2.25. The molecule has 1 amide bonds. The Morgan fingerprint density at radius 1 is 1.54 bits per heavy atom. The number of carbonyl (C=O) groups is 1. The fourth-order valence-corrected chi connectivity index (χ4v) is 0.661. The summed E-state index contributed by atoms with van der Waals surface area (Å²) >= 11 is 0. The summed E-state index contributed by atoms with van der Waals surface area (Å²) in [7, 11) is 0. The van der Waals surface area contributed by atoms with E-state index in [4.69, 9.17) is 5.73 Å². The van der Waals surface area contributed by atoms with E-state index < -0.39 is 24.5 Å². The zero-order chi connectivity index (χ0) is 10.5. The highest BCUT2D eigenvalue weighted by molar-refractivity contribution is 5.80. The molecule has 0 bridgehead atoms. The van der Waals surface area contributed by atoms with Crippen molar-refractivity contribution in [1.82, 2.24) is 5.32 Å². The van der Waals surface area contributed by atoms with Crippen molar-refractivity contribution in [2.24, 2.45) is 5.73 Å². The van der Waals surface area contributed by atoms with Crippen LogP contribution < -0.4 is 11.1 Å². The molecule has 1 atom stereocenters. The quantitative estimate of drug-likeness (QED) is 0.656. The molecule has 0 spiro atoms. The van der Waals surface area contributed by atoms with Crippen molar-refractivity contribution in [3.8, 4) is 0 Å². The number of alkyl halides is 3. The van der Waals surface area contributed by atoms with Gasteiger partial charge in [-0.05, 0) is 13.3 Å². The first-order valence-electron chi connectivity index (χ1n) is 3.93. The summed E-state index contributed by atoms with van der Waals surface area (Å²) in [6.07, 6.45) is -5.15. The van der Waals surface area contributed by atoms with E-state index in [2.05, 4.69) is 5.32 Å². The molecule has 0 saturated heterocycles. The van der Waals surface area contributed by atoms with Gasteiger partial charge in [0, 0.05) is 13.0 Å². The molecular formula is C7H13F3N2O. The first-order chi connectivity index (χ1) is 5.83. The fourth-order valence-electron chi connectivity index (χ4n) is 0.661. The van der Waals surface area contributed by atoms with Crippen LogP contribution in [0.25, 0.3) is 0 Å². The number of nitrogens with one attached hydrogen (secondary N) is 1. The van der Waals surface area contributed by atoms with Crippen molar-refractivity contribution in [3.63, 3.8) is 0 Å². The second-order valence-corrected chi connectivity index (χ2v) is 2.80. The molecule has 0 aromatic rings. The molecule has 0 aromatic carbocycles.